The van der Waals surface area contributed by atoms with Crippen LogP contribution in [0.25, 0.3) is 0 Å². The summed E-state index contributed by atoms with van der Waals surface area (Å²) in [6, 6.07) is 0. The Labute approximate surface area is 390 Å². The second-order valence-electron chi connectivity index (χ2n) is 17.8. The molecule has 0 spiro atoms. The standard InChI is InChI=1S/C57H100O6/c1-4-7-10-13-16-19-22-25-27-28-30-32-35-38-41-44-47-50-56(59)62-53-54(52-61-55(58)49-46-43-40-37-34-31-24-21-18-15-12-9-6-3)63-57(60)51-48-45-42-39-36-33-29-26-23-20-17-14-11-8-5-2/h8,11,17,20,25-27,29,36,39,54H,4-7,9-10,12-16,18-19,21-24,28,30-35,37-38,40-53H2,1-3H3/b11-8-,20-17-,27-25-,29-26-,39-36-/t54-/m0/s1. The first-order valence-electron chi connectivity index (χ1n) is 26.8. The highest BCUT2D eigenvalue weighted by molar-refractivity contribution is 5.71. The van der Waals surface area contributed by atoms with E-state index in [9.17, 15) is 14.4 Å². The van der Waals surface area contributed by atoms with E-state index in [2.05, 4.69) is 81.5 Å². The monoisotopic (exact) mass is 881 g/mol. The van der Waals surface area contributed by atoms with Gasteiger partial charge in [-0.2, -0.15) is 0 Å². The second kappa shape index (κ2) is 51.7. The van der Waals surface area contributed by atoms with E-state index in [1.165, 1.54) is 141 Å². The van der Waals surface area contributed by atoms with Gasteiger partial charge < -0.3 is 14.2 Å². The second-order valence-corrected chi connectivity index (χ2v) is 17.8. The van der Waals surface area contributed by atoms with Gasteiger partial charge in [0, 0.05) is 19.3 Å². The molecule has 0 saturated heterocycles. The number of carbonyl (C=O) groups excluding carboxylic acids is 3. The summed E-state index contributed by atoms with van der Waals surface area (Å²) in [6.07, 6.45) is 63.5. The Morgan fingerprint density at radius 2 is 0.619 bits per heavy atom. The summed E-state index contributed by atoms with van der Waals surface area (Å²) in [7, 11) is 0. The Hall–Kier alpha value is -2.89. The van der Waals surface area contributed by atoms with Gasteiger partial charge in [-0.1, -0.05) is 223 Å². The van der Waals surface area contributed by atoms with Crippen LogP contribution in [0, 0.1) is 0 Å². The summed E-state index contributed by atoms with van der Waals surface area (Å²) in [5.74, 6) is -0.929. The van der Waals surface area contributed by atoms with Gasteiger partial charge in [0.15, 0.2) is 6.10 Å². The van der Waals surface area contributed by atoms with E-state index in [-0.39, 0.29) is 37.5 Å². The molecule has 0 aromatic carbocycles. The van der Waals surface area contributed by atoms with Gasteiger partial charge >= 0.3 is 17.9 Å². The predicted molar refractivity (Wildman–Crippen MR) is 270 cm³/mol. The molecule has 0 aliphatic rings. The number of rotatable bonds is 48. The fourth-order valence-corrected chi connectivity index (χ4v) is 7.49. The highest BCUT2D eigenvalue weighted by Crippen LogP contribution is 2.15. The molecule has 6 nitrogen and oxygen atoms in total. The highest BCUT2D eigenvalue weighted by atomic mass is 16.6. The molecule has 63 heavy (non-hydrogen) atoms. The zero-order valence-corrected chi connectivity index (χ0v) is 41.6. The Balaban J connectivity index is 4.42. The lowest BCUT2D eigenvalue weighted by Crippen LogP contribution is -2.30. The SMILES string of the molecule is CC/C=C\C/C=C\C/C=C\C/C=C\CCCCC(=O)O[C@H](COC(=O)CCCCCCCCC/C=C\CCCCCCCC)COC(=O)CCCCCCCCCCCCCCC. The number of esters is 3. The summed E-state index contributed by atoms with van der Waals surface area (Å²) < 4.78 is 16.8. The van der Waals surface area contributed by atoms with Crippen LogP contribution in [0.3, 0.4) is 0 Å². The molecular weight excluding hydrogens is 781 g/mol. The van der Waals surface area contributed by atoms with Gasteiger partial charge in [-0.15, -0.1) is 0 Å². The molecule has 0 radical (unpaired) electrons. The van der Waals surface area contributed by atoms with Crippen molar-refractivity contribution in [3.63, 3.8) is 0 Å². The van der Waals surface area contributed by atoms with Crippen LogP contribution in [-0.4, -0.2) is 37.2 Å². The van der Waals surface area contributed by atoms with E-state index in [1.807, 2.05) is 0 Å². The van der Waals surface area contributed by atoms with E-state index in [1.54, 1.807) is 0 Å². The molecule has 6 heteroatoms. The van der Waals surface area contributed by atoms with Crippen LogP contribution in [0.5, 0.6) is 0 Å². The maximum atomic E-state index is 12.8. The van der Waals surface area contributed by atoms with E-state index in [4.69, 9.17) is 14.2 Å². The lowest BCUT2D eigenvalue weighted by molar-refractivity contribution is -0.167. The summed E-state index contributed by atoms with van der Waals surface area (Å²) >= 11 is 0. The van der Waals surface area contributed by atoms with Crippen molar-refractivity contribution in [3.8, 4) is 0 Å². The topological polar surface area (TPSA) is 78.9 Å². The molecule has 0 rings (SSSR count). The number of allylic oxidation sites excluding steroid dienone is 10. The molecule has 0 aromatic rings. The first-order chi connectivity index (χ1) is 31.0. The average molecular weight is 881 g/mol. The van der Waals surface area contributed by atoms with Crippen LogP contribution >= 0.6 is 0 Å². The first kappa shape index (κ1) is 60.1. The molecule has 0 aliphatic heterocycles. The van der Waals surface area contributed by atoms with E-state index >= 15 is 0 Å². The van der Waals surface area contributed by atoms with Crippen LogP contribution in [0.2, 0.25) is 0 Å². The van der Waals surface area contributed by atoms with Crippen molar-refractivity contribution in [2.45, 2.75) is 271 Å². The van der Waals surface area contributed by atoms with Crippen molar-refractivity contribution in [1.82, 2.24) is 0 Å². The van der Waals surface area contributed by atoms with E-state index in [0.29, 0.717) is 19.3 Å². The molecule has 1 atom stereocenters. The highest BCUT2D eigenvalue weighted by Gasteiger charge is 2.19. The lowest BCUT2D eigenvalue weighted by atomic mass is 10.0. The summed E-state index contributed by atoms with van der Waals surface area (Å²) in [5, 5.41) is 0. The quantitative estimate of drug-likeness (QED) is 0.0262. The van der Waals surface area contributed by atoms with Gasteiger partial charge in [0.2, 0.25) is 0 Å². The van der Waals surface area contributed by atoms with Gasteiger partial charge in [-0.25, -0.2) is 0 Å². The molecule has 0 fully saturated rings. The fraction of sp³-hybridized carbons (Fsp3) is 0.772. The number of hydrogen-bond donors (Lipinski definition) is 0. The number of unbranched alkanes of at least 4 members (excludes halogenated alkanes) is 27. The number of ether oxygens (including phenoxy) is 3. The molecule has 0 N–H and O–H groups in total. The van der Waals surface area contributed by atoms with E-state index in [0.717, 1.165) is 77.0 Å². The molecule has 0 amide bonds. The summed E-state index contributed by atoms with van der Waals surface area (Å²) in [5.41, 5.74) is 0. The molecule has 0 unspecified atom stereocenters. The van der Waals surface area contributed by atoms with Crippen molar-refractivity contribution in [3.05, 3.63) is 60.8 Å². The molecule has 0 heterocycles. The Morgan fingerprint density at radius 3 is 1.02 bits per heavy atom. The maximum Gasteiger partial charge on any atom is 0.306 e. The van der Waals surface area contributed by atoms with Gasteiger partial charge in [-0.05, 0) is 83.5 Å². The zero-order chi connectivity index (χ0) is 45.8. The van der Waals surface area contributed by atoms with E-state index < -0.39 is 6.10 Å². The maximum absolute atomic E-state index is 12.8. The fourth-order valence-electron chi connectivity index (χ4n) is 7.49. The third-order valence-electron chi connectivity index (χ3n) is 11.5. The predicted octanol–water partition coefficient (Wildman–Crippen LogP) is 17.6. The normalized spacial score (nSPS) is 12.5. The van der Waals surface area contributed by atoms with Gasteiger partial charge in [0.1, 0.15) is 13.2 Å². The minimum Gasteiger partial charge on any atom is -0.462 e. The summed E-state index contributed by atoms with van der Waals surface area (Å²) in [6.45, 7) is 6.50. The minimum atomic E-state index is -0.795. The van der Waals surface area contributed by atoms with Crippen LogP contribution < -0.4 is 0 Å². The Morgan fingerprint density at radius 1 is 0.333 bits per heavy atom. The number of hydrogen-bond acceptors (Lipinski definition) is 6. The van der Waals surface area contributed by atoms with Crippen molar-refractivity contribution in [2.75, 3.05) is 13.2 Å². The summed E-state index contributed by atoms with van der Waals surface area (Å²) in [4.78, 5) is 38.0. The van der Waals surface area contributed by atoms with Crippen LogP contribution in [0.15, 0.2) is 60.8 Å². The number of carbonyl (C=O) groups is 3. The molecular formula is C57H100O6. The lowest BCUT2D eigenvalue weighted by Gasteiger charge is -2.18. The Bertz CT molecular complexity index is 1150. The van der Waals surface area contributed by atoms with Gasteiger partial charge in [0.25, 0.3) is 0 Å². The zero-order valence-electron chi connectivity index (χ0n) is 41.6. The molecule has 0 bridgehead atoms. The third kappa shape index (κ3) is 50.0. The molecule has 364 valence electrons. The van der Waals surface area contributed by atoms with Crippen LogP contribution in [0.4, 0.5) is 0 Å². The van der Waals surface area contributed by atoms with Crippen molar-refractivity contribution < 1.29 is 28.6 Å². The van der Waals surface area contributed by atoms with Crippen molar-refractivity contribution in [1.29, 1.82) is 0 Å². The largest absolute Gasteiger partial charge is 0.462 e. The molecule has 0 saturated carbocycles. The third-order valence-corrected chi connectivity index (χ3v) is 11.5. The smallest absolute Gasteiger partial charge is 0.306 e. The molecule has 0 aromatic heterocycles. The van der Waals surface area contributed by atoms with Crippen LogP contribution in [0.1, 0.15) is 265 Å². The minimum absolute atomic E-state index is 0.0901. The van der Waals surface area contributed by atoms with Crippen LogP contribution in [-0.2, 0) is 28.6 Å². The van der Waals surface area contributed by atoms with Gasteiger partial charge in [0.05, 0.1) is 0 Å². The molecule has 0 aliphatic carbocycles. The van der Waals surface area contributed by atoms with Gasteiger partial charge in [-0.3, -0.25) is 14.4 Å². The Kier molecular flexibility index (Phi) is 49.4. The van der Waals surface area contributed by atoms with Crippen molar-refractivity contribution in [2.24, 2.45) is 0 Å². The van der Waals surface area contributed by atoms with Crippen molar-refractivity contribution >= 4 is 17.9 Å². The first-order valence-corrected chi connectivity index (χ1v) is 26.8. The average Bonchev–Trinajstić information content (AvgIpc) is 3.28.